The highest BCUT2D eigenvalue weighted by molar-refractivity contribution is 7.92. The summed E-state index contributed by atoms with van der Waals surface area (Å²) in [5, 5.41) is 12.5. The first kappa shape index (κ1) is 27.9. The van der Waals surface area contributed by atoms with Crippen molar-refractivity contribution >= 4 is 43.5 Å². The molecule has 218 valence electrons. The smallest absolute Gasteiger partial charge is 0.255 e. The number of sulfonamides is 1. The summed E-state index contributed by atoms with van der Waals surface area (Å²) >= 11 is 0. The second-order valence-corrected chi connectivity index (χ2v) is 11.9. The summed E-state index contributed by atoms with van der Waals surface area (Å²) in [7, 11) is 0.821. The van der Waals surface area contributed by atoms with Gasteiger partial charge in [-0.1, -0.05) is 6.07 Å². The number of furan rings is 1. The van der Waals surface area contributed by atoms with Crippen LogP contribution < -0.4 is 14.4 Å². The molecule has 3 aromatic heterocycles. The number of methoxy groups -OCH3 is 1. The topological polar surface area (TPSA) is 130 Å². The number of nitrogens with zero attached hydrogens (tertiary/aromatic N) is 3. The number of nitrogens with one attached hydrogen (secondary N) is 2. The predicted octanol–water partition coefficient (Wildman–Crippen LogP) is 5.61. The van der Waals surface area contributed by atoms with Crippen LogP contribution in [-0.2, 0) is 10.0 Å². The molecule has 0 fully saturated rings. The van der Waals surface area contributed by atoms with Crippen molar-refractivity contribution in [2.24, 2.45) is 0 Å². The van der Waals surface area contributed by atoms with Gasteiger partial charge in [0.15, 0.2) is 0 Å². The Hall–Kier alpha value is -5.23. The molecule has 6 rings (SSSR count). The number of fused-ring (bicyclic) bond motifs is 2. The van der Waals surface area contributed by atoms with Crippen LogP contribution in [-0.4, -0.2) is 57.0 Å². The average Bonchev–Trinajstić information content (AvgIpc) is 3.61. The lowest BCUT2D eigenvalue weighted by atomic mass is 9.99. The van der Waals surface area contributed by atoms with Crippen molar-refractivity contribution in [1.82, 2.24) is 20.5 Å². The van der Waals surface area contributed by atoms with Crippen LogP contribution in [0.4, 0.5) is 10.1 Å². The van der Waals surface area contributed by atoms with Gasteiger partial charge in [-0.2, -0.15) is 5.10 Å². The molecule has 0 saturated carbocycles. The van der Waals surface area contributed by atoms with Gasteiger partial charge in [-0.3, -0.25) is 9.10 Å². The summed E-state index contributed by atoms with van der Waals surface area (Å²) in [4.78, 5) is 16.5. The normalized spacial score (nSPS) is 11.7. The molecule has 0 bridgehead atoms. The van der Waals surface area contributed by atoms with Gasteiger partial charge < -0.3 is 19.5 Å². The molecule has 0 radical (unpaired) electrons. The number of halogens is 1. The first-order valence-electron chi connectivity index (χ1n) is 13.1. The Labute approximate surface area is 246 Å². The van der Waals surface area contributed by atoms with Gasteiger partial charge in [-0.05, 0) is 54.6 Å². The molecule has 43 heavy (non-hydrogen) atoms. The number of carbonyl (C=O) groups excluding carboxylic acids is 1. The van der Waals surface area contributed by atoms with Crippen molar-refractivity contribution in [3.05, 3.63) is 84.3 Å². The average molecular weight is 600 g/mol. The van der Waals surface area contributed by atoms with E-state index in [1.165, 1.54) is 44.6 Å². The van der Waals surface area contributed by atoms with Crippen molar-refractivity contribution in [3.63, 3.8) is 0 Å². The highest BCUT2D eigenvalue weighted by atomic mass is 32.2. The summed E-state index contributed by atoms with van der Waals surface area (Å²) in [6, 6.07) is 18.2. The Morgan fingerprint density at radius 1 is 1.05 bits per heavy atom. The number of aromatic amines is 1. The largest absolute Gasteiger partial charge is 0.496 e. The van der Waals surface area contributed by atoms with Crippen LogP contribution >= 0.6 is 0 Å². The summed E-state index contributed by atoms with van der Waals surface area (Å²) in [5.74, 6) is 0.0641. The Morgan fingerprint density at radius 3 is 2.51 bits per heavy atom. The number of H-pyrrole nitrogens is 1. The lowest BCUT2D eigenvalue weighted by molar-refractivity contribution is 0.0964. The van der Waals surface area contributed by atoms with Crippen molar-refractivity contribution in [3.8, 4) is 39.6 Å². The number of ether oxygens (including phenoxy) is 1. The zero-order chi connectivity index (χ0) is 30.5. The fourth-order valence-corrected chi connectivity index (χ4v) is 5.55. The quantitative estimate of drug-likeness (QED) is 0.244. The van der Waals surface area contributed by atoms with E-state index in [0.717, 1.165) is 21.5 Å². The molecule has 0 unspecified atom stereocenters. The standard InChI is InChI=1S/C31H26FN5O5S/c1-33-31(38)29-22-13-20(18-12-25(36-34-16-18)24-14-21-23(35-24)6-5-7-27(21)41-3)26(37(2)43(4,39)40)15-28(22)42-30(29)17-8-10-19(32)11-9-17/h5-16,35H,1-4H3,(H,33,38). The summed E-state index contributed by atoms with van der Waals surface area (Å²) in [5.41, 5.74) is 4.35. The predicted molar refractivity (Wildman–Crippen MR) is 163 cm³/mol. The van der Waals surface area contributed by atoms with Crippen LogP contribution in [0, 0.1) is 5.82 Å². The van der Waals surface area contributed by atoms with Gasteiger partial charge in [0.25, 0.3) is 5.91 Å². The number of anilines is 1. The van der Waals surface area contributed by atoms with Crippen LogP contribution in [0.15, 0.2) is 77.3 Å². The molecule has 6 aromatic rings. The fraction of sp³-hybridized carbons (Fsp3) is 0.129. The first-order valence-corrected chi connectivity index (χ1v) is 15.0. The van der Waals surface area contributed by atoms with Crippen LogP contribution in [0.2, 0.25) is 0 Å². The molecule has 0 saturated heterocycles. The highest BCUT2D eigenvalue weighted by Gasteiger charge is 2.26. The first-order chi connectivity index (χ1) is 20.6. The van der Waals surface area contributed by atoms with Gasteiger partial charge in [0, 0.05) is 53.1 Å². The Morgan fingerprint density at radius 2 is 1.81 bits per heavy atom. The second-order valence-electron chi connectivity index (χ2n) is 9.92. The number of rotatable bonds is 7. The lowest BCUT2D eigenvalue weighted by Crippen LogP contribution is -2.25. The number of aromatic nitrogens is 3. The van der Waals surface area contributed by atoms with Crippen LogP contribution in [0.5, 0.6) is 5.75 Å². The molecule has 10 nitrogen and oxygen atoms in total. The minimum atomic E-state index is -3.71. The van der Waals surface area contributed by atoms with E-state index in [9.17, 15) is 17.6 Å². The van der Waals surface area contributed by atoms with E-state index in [1.807, 2.05) is 24.3 Å². The van der Waals surface area contributed by atoms with Crippen molar-refractivity contribution in [2.75, 3.05) is 31.8 Å². The van der Waals surface area contributed by atoms with E-state index in [2.05, 4.69) is 20.5 Å². The van der Waals surface area contributed by atoms with Gasteiger partial charge >= 0.3 is 0 Å². The maximum Gasteiger partial charge on any atom is 0.255 e. The zero-order valence-corrected chi connectivity index (χ0v) is 24.4. The Bertz CT molecular complexity index is 2140. The third-order valence-corrected chi connectivity index (χ3v) is 8.48. The molecule has 0 aliphatic rings. The molecule has 0 aliphatic heterocycles. The maximum atomic E-state index is 13.7. The van der Waals surface area contributed by atoms with Gasteiger partial charge in [0.1, 0.15) is 28.6 Å². The third kappa shape index (κ3) is 4.95. The van der Waals surface area contributed by atoms with Crippen molar-refractivity contribution in [2.45, 2.75) is 0 Å². The molecule has 3 heterocycles. The molecule has 2 N–H and O–H groups in total. The maximum absolute atomic E-state index is 13.7. The van der Waals surface area contributed by atoms with E-state index < -0.39 is 21.7 Å². The summed E-state index contributed by atoms with van der Waals surface area (Å²) in [6.45, 7) is 0. The zero-order valence-electron chi connectivity index (χ0n) is 23.6. The molecule has 0 aliphatic carbocycles. The molecule has 1 amide bonds. The molecular weight excluding hydrogens is 573 g/mol. The monoisotopic (exact) mass is 599 g/mol. The molecule has 12 heteroatoms. The second kappa shape index (κ2) is 10.6. The number of benzene rings is 3. The van der Waals surface area contributed by atoms with Crippen LogP contribution in [0.3, 0.4) is 0 Å². The number of hydrogen-bond acceptors (Lipinski definition) is 7. The Kier molecular flexibility index (Phi) is 6.85. The van der Waals surface area contributed by atoms with E-state index in [-0.39, 0.29) is 16.9 Å². The van der Waals surface area contributed by atoms with Gasteiger partial charge in [0.05, 0.1) is 36.5 Å². The Balaban J connectivity index is 1.59. The summed E-state index contributed by atoms with van der Waals surface area (Å²) in [6.07, 6.45) is 2.62. The van der Waals surface area contributed by atoms with Crippen molar-refractivity contribution in [1.29, 1.82) is 0 Å². The van der Waals surface area contributed by atoms with E-state index in [0.29, 0.717) is 44.9 Å². The van der Waals surface area contributed by atoms with E-state index >= 15 is 0 Å². The fourth-order valence-electron chi connectivity index (χ4n) is 5.05. The van der Waals surface area contributed by atoms with Gasteiger partial charge in [0.2, 0.25) is 10.0 Å². The van der Waals surface area contributed by atoms with E-state index in [1.54, 1.807) is 25.3 Å². The van der Waals surface area contributed by atoms with E-state index in [4.69, 9.17) is 9.15 Å². The van der Waals surface area contributed by atoms with Gasteiger partial charge in [-0.15, -0.1) is 5.10 Å². The minimum Gasteiger partial charge on any atom is -0.496 e. The number of amides is 1. The van der Waals surface area contributed by atoms with Crippen LogP contribution in [0.1, 0.15) is 10.4 Å². The molecular formula is C31H26FN5O5S. The lowest BCUT2D eigenvalue weighted by Gasteiger charge is -2.20. The van der Waals surface area contributed by atoms with Crippen molar-refractivity contribution < 1.29 is 26.8 Å². The minimum absolute atomic E-state index is 0.222. The third-order valence-electron chi connectivity index (χ3n) is 7.29. The molecule has 0 atom stereocenters. The molecule has 3 aromatic carbocycles. The number of carbonyl (C=O) groups is 1. The highest BCUT2D eigenvalue weighted by Crippen LogP contribution is 2.42. The van der Waals surface area contributed by atoms with Gasteiger partial charge in [-0.25, -0.2) is 12.8 Å². The van der Waals surface area contributed by atoms with Crippen LogP contribution in [0.25, 0.3) is 55.7 Å². The molecule has 0 spiro atoms. The number of hydrogen-bond donors (Lipinski definition) is 2. The SMILES string of the molecule is CNC(=O)c1c(-c2ccc(F)cc2)oc2cc(N(C)S(C)(=O)=O)c(-c3cnnc(-c4cc5c(OC)cccc5[nH]4)c3)cc12. The summed E-state index contributed by atoms with van der Waals surface area (Å²) < 4.78 is 51.9.